The van der Waals surface area contributed by atoms with Gasteiger partial charge in [-0.3, -0.25) is 4.79 Å². The Kier molecular flexibility index (Phi) is 3.79. The minimum atomic E-state index is -0.557. The summed E-state index contributed by atoms with van der Waals surface area (Å²) in [5.41, 5.74) is 0.530. The van der Waals surface area contributed by atoms with Crippen molar-refractivity contribution in [3.63, 3.8) is 0 Å². The van der Waals surface area contributed by atoms with Crippen LogP contribution in [0.15, 0.2) is 22.7 Å². The highest BCUT2D eigenvalue weighted by atomic mass is 79.9. The molecule has 0 radical (unpaired) electrons. The van der Waals surface area contributed by atoms with Crippen molar-refractivity contribution in [1.29, 1.82) is 0 Å². The lowest BCUT2D eigenvalue weighted by molar-refractivity contribution is -0.122. The number of aliphatic hydroxyl groups excluding tert-OH is 1. The van der Waals surface area contributed by atoms with Crippen molar-refractivity contribution in [3.05, 3.63) is 28.5 Å². The van der Waals surface area contributed by atoms with Crippen molar-refractivity contribution < 1.29 is 14.3 Å². The fourth-order valence-electron chi connectivity index (χ4n) is 2.06. The summed E-state index contributed by atoms with van der Waals surface area (Å²) in [6.07, 6.45) is 1.69. The molecule has 0 aliphatic heterocycles. The lowest BCUT2D eigenvalue weighted by Gasteiger charge is -2.14. The molecule has 1 aliphatic carbocycles. The van der Waals surface area contributed by atoms with Gasteiger partial charge in [-0.1, -0.05) is 0 Å². The van der Waals surface area contributed by atoms with Crippen LogP contribution in [0, 0.1) is 11.7 Å². The number of hydrogen-bond donors (Lipinski definition) is 2. The van der Waals surface area contributed by atoms with Crippen molar-refractivity contribution in [2.45, 2.75) is 25.4 Å². The molecule has 17 heavy (non-hydrogen) atoms. The van der Waals surface area contributed by atoms with Crippen LogP contribution in [-0.4, -0.2) is 17.1 Å². The van der Waals surface area contributed by atoms with Crippen LogP contribution in [0.5, 0.6) is 0 Å². The van der Waals surface area contributed by atoms with Gasteiger partial charge in [0.1, 0.15) is 5.82 Å². The molecule has 0 heterocycles. The third kappa shape index (κ3) is 2.84. The molecule has 5 heteroatoms. The maximum atomic E-state index is 13.0. The van der Waals surface area contributed by atoms with E-state index in [0.29, 0.717) is 23.0 Å². The smallest absolute Gasteiger partial charge is 0.230 e. The van der Waals surface area contributed by atoms with Crippen molar-refractivity contribution in [1.82, 2.24) is 0 Å². The van der Waals surface area contributed by atoms with Crippen LogP contribution in [0.1, 0.15) is 19.3 Å². The second-order valence-corrected chi connectivity index (χ2v) is 5.08. The first-order valence-electron chi connectivity index (χ1n) is 5.52. The first-order valence-corrected chi connectivity index (χ1v) is 6.31. The summed E-state index contributed by atoms with van der Waals surface area (Å²) in [6.45, 7) is 0. The fourth-order valence-corrected chi connectivity index (χ4v) is 2.43. The van der Waals surface area contributed by atoms with Crippen molar-refractivity contribution in [2.75, 3.05) is 5.32 Å². The van der Waals surface area contributed by atoms with Gasteiger partial charge in [0, 0.05) is 5.69 Å². The van der Waals surface area contributed by atoms with Crippen molar-refractivity contribution in [2.24, 2.45) is 5.92 Å². The van der Waals surface area contributed by atoms with E-state index in [-0.39, 0.29) is 17.6 Å². The van der Waals surface area contributed by atoms with Crippen molar-refractivity contribution >= 4 is 27.5 Å². The third-order valence-electron chi connectivity index (χ3n) is 3.00. The molecule has 1 aromatic carbocycles. The van der Waals surface area contributed by atoms with Crippen LogP contribution in [0.25, 0.3) is 0 Å². The molecule has 1 aliphatic rings. The minimum absolute atomic E-state index is 0.200. The van der Waals surface area contributed by atoms with E-state index in [1.165, 1.54) is 18.2 Å². The number of carbonyl (C=O) groups is 1. The molecule has 0 spiro atoms. The predicted molar refractivity (Wildman–Crippen MR) is 66.1 cm³/mol. The SMILES string of the molecule is O=C(Nc1ccc(F)c(Br)c1)C1CCCC1O. The van der Waals surface area contributed by atoms with E-state index in [1.807, 2.05) is 0 Å². The first-order chi connectivity index (χ1) is 8.08. The number of nitrogens with one attached hydrogen (secondary N) is 1. The summed E-state index contributed by atoms with van der Waals surface area (Å²) in [6, 6.07) is 4.29. The summed E-state index contributed by atoms with van der Waals surface area (Å²) in [5.74, 6) is -0.920. The molecule has 1 amide bonds. The molecule has 1 saturated carbocycles. The Morgan fingerprint density at radius 2 is 2.24 bits per heavy atom. The van der Waals surface area contributed by atoms with Crippen LogP contribution >= 0.6 is 15.9 Å². The quantitative estimate of drug-likeness (QED) is 0.882. The molecule has 2 atom stereocenters. The zero-order valence-electron chi connectivity index (χ0n) is 9.12. The number of anilines is 1. The summed E-state index contributed by atoms with van der Waals surface area (Å²) in [5, 5.41) is 12.3. The van der Waals surface area contributed by atoms with Gasteiger partial charge in [0.15, 0.2) is 0 Å². The highest BCUT2D eigenvalue weighted by Crippen LogP contribution is 2.27. The maximum absolute atomic E-state index is 13.0. The number of benzene rings is 1. The Bertz CT molecular complexity index is 439. The van der Waals surface area contributed by atoms with E-state index in [4.69, 9.17) is 0 Å². The molecule has 1 fully saturated rings. The van der Waals surface area contributed by atoms with Gasteiger partial charge in [0.25, 0.3) is 0 Å². The number of hydrogen-bond acceptors (Lipinski definition) is 2. The molecule has 2 unspecified atom stereocenters. The summed E-state index contributed by atoms with van der Waals surface area (Å²) >= 11 is 3.06. The average molecular weight is 302 g/mol. The van der Waals surface area contributed by atoms with Gasteiger partial charge in [-0.2, -0.15) is 0 Å². The van der Waals surface area contributed by atoms with Gasteiger partial charge >= 0.3 is 0 Å². The Morgan fingerprint density at radius 3 is 2.82 bits per heavy atom. The number of rotatable bonds is 2. The zero-order valence-corrected chi connectivity index (χ0v) is 10.7. The lowest BCUT2D eigenvalue weighted by Crippen LogP contribution is -2.28. The predicted octanol–water partition coefficient (Wildman–Crippen LogP) is 2.69. The molecule has 0 bridgehead atoms. The van der Waals surface area contributed by atoms with Gasteiger partial charge < -0.3 is 10.4 Å². The lowest BCUT2D eigenvalue weighted by atomic mass is 10.1. The molecule has 0 saturated heterocycles. The van der Waals surface area contributed by atoms with E-state index in [0.717, 1.165) is 6.42 Å². The second kappa shape index (κ2) is 5.14. The Morgan fingerprint density at radius 1 is 1.47 bits per heavy atom. The Hall–Kier alpha value is -0.940. The van der Waals surface area contributed by atoms with E-state index in [1.54, 1.807) is 0 Å². The topological polar surface area (TPSA) is 49.3 Å². The Labute approximate surface area is 107 Å². The largest absolute Gasteiger partial charge is 0.392 e. The van der Waals surface area contributed by atoms with Gasteiger partial charge in [0.05, 0.1) is 16.5 Å². The molecular weight excluding hydrogens is 289 g/mol. The second-order valence-electron chi connectivity index (χ2n) is 4.22. The number of halogens is 2. The number of aliphatic hydroxyl groups is 1. The number of carbonyl (C=O) groups excluding carboxylic acids is 1. The normalized spacial score (nSPS) is 23.7. The fraction of sp³-hybridized carbons (Fsp3) is 0.417. The maximum Gasteiger partial charge on any atom is 0.230 e. The van der Waals surface area contributed by atoms with Gasteiger partial charge in [-0.05, 0) is 53.4 Å². The van der Waals surface area contributed by atoms with Crippen LogP contribution in [0.3, 0.4) is 0 Å². The van der Waals surface area contributed by atoms with E-state index < -0.39 is 6.10 Å². The van der Waals surface area contributed by atoms with Crippen LogP contribution in [0.4, 0.5) is 10.1 Å². The standard InChI is InChI=1S/C12H13BrFNO2/c13-9-6-7(4-5-10(9)14)15-12(17)8-2-1-3-11(8)16/h4-6,8,11,16H,1-3H2,(H,15,17). The van der Waals surface area contributed by atoms with E-state index >= 15 is 0 Å². The number of amides is 1. The molecule has 92 valence electrons. The highest BCUT2D eigenvalue weighted by molar-refractivity contribution is 9.10. The molecule has 2 rings (SSSR count). The van der Waals surface area contributed by atoms with E-state index in [9.17, 15) is 14.3 Å². The summed E-state index contributed by atoms with van der Waals surface area (Å²) < 4.78 is 13.3. The van der Waals surface area contributed by atoms with Crippen LogP contribution < -0.4 is 5.32 Å². The van der Waals surface area contributed by atoms with Gasteiger partial charge in [-0.15, -0.1) is 0 Å². The van der Waals surface area contributed by atoms with Gasteiger partial charge in [-0.25, -0.2) is 4.39 Å². The van der Waals surface area contributed by atoms with Crippen LogP contribution in [0.2, 0.25) is 0 Å². The van der Waals surface area contributed by atoms with Gasteiger partial charge in [0.2, 0.25) is 5.91 Å². The molecular formula is C12H13BrFNO2. The zero-order chi connectivity index (χ0) is 12.4. The van der Waals surface area contributed by atoms with Crippen molar-refractivity contribution in [3.8, 4) is 0 Å². The third-order valence-corrected chi connectivity index (χ3v) is 3.61. The first kappa shape index (κ1) is 12.5. The average Bonchev–Trinajstić information content (AvgIpc) is 2.70. The highest BCUT2D eigenvalue weighted by Gasteiger charge is 2.31. The Balaban J connectivity index is 2.05. The minimum Gasteiger partial charge on any atom is -0.392 e. The summed E-state index contributed by atoms with van der Waals surface area (Å²) in [4.78, 5) is 11.8. The molecule has 3 nitrogen and oxygen atoms in total. The van der Waals surface area contributed by atoms with Crippen LogP contribution in [-0.2, 0) is 4.79 Å². The monoisotopic (exact) mass is 301 g/mol. The van der Waals surface area contributed by atoms with E-state index in [2.05, 4.69) is 21.2 Å². The molecule has 1 aromatic rings. The molecule has 2 N–H and O–H groups in total. The summed E-state index contributed by atoms with van der Waals surface area (Å²) in [7, 11) is 0. The molecule has 0 aromatic heterocycles.